The van der Waals surface area contributed by atoms with Crippen molar-refractivity contribution in [1.29, 1.82) is 0 Å². The molecule has 2 N–H and O–H groups in total. The molecule has 43 heavy (non-hydrogen) atoms. The Morgan fingerprint density at radius 2 is 1.58 bits per heavy atom. The molecule has 4 aromatic rings. The van der Waals surface area contributed by atoms with Crippen molar-refractivity contribution in [2.24, 2.45) is 5.73 Å². The molecule has 6 rings (SSSR count). The molecular formula is C36H46N4O3. The zero-order valence-electron chi connectivity index (χ0n) is 25.6. The van der Waals surface area contributed by atoms with E-state index in [2.05, 4.69) is 58.9 Å². The lowest BCUT2D eigenvalue weighted by atomic mass is 9.98. The van der Waals surface area contributed by atoms with Crippen molar-refractivity contribution in [2.75, 3.05) is 39.4 Å². The number of hydrogen-bond donors (Lipinski definition) is 1. The zero-order chi connectivity index (χ0) is 29.4. The van der Waals surface area contributed by atoms with Crippen LogP contribution in [0.15, 0.2) is 60.7 Å². The van der Waals surface area contributed by atoms with E-state index in [1.165, 1.54) is 57.2 Å². The van der Waals surface area contributed by atoms with Crippen LogP contribution in [0.1, 0.15) is 69.8 Å². The molecule has 7 heteroatoms. The van der Waals surface area contributed by atoms with Crippen LogP contribution in [-0.2, 0) is 6.54 Å². The Kier molecular flexibility index (Phi) is 9.80. The summed E-state index contributed by atoms with van der Waals surface area (Å²) in [4.78, 5) is 7.56. The van der Waals surface area contributed by atoms with Gasteiger partial charge >= 0.3 is 0 Å². The van der Waals surface area contributed by atoms with Gasteiger partial charge in [-0.25, -0.2) is 4.98 Å². The summed E-state index contributed by atoms with van der Waals surface area (Å²) in [6.45, 7) is 7.88. The first-order valence-electron chi connectivity index (χ1n) is 16.3. The summed E-state index contributed by atoms with van der Waals surface area (Å²) in [6, 6.07) is 20.9. The number of fused-ring (bicyclic) bond motifs is 1. The first kappa shape index (κ1) is 29.5. The normalized spacial score (nSPS) is 15.9. The van der Waals surface area contributed by atoms with Gasteiger partial charge in [0.1, 0.15) is 42.0 Å². The summed E-state index contributed by atoms with van der Waals surface area (Å²) in [5, 5.41) is 0. The maximum Gasteiger partial charge on any atom is 0.144 e. The fourth-order valence-corrected chi connectivity index (χ4v) is 6.48. The quantitative estimate of drug-likeness (QED) is 0.164. The number of imidazole rings is 1. The van der Waals surface area contributed by atoms with Crippen LogP contribution >= 0.6 is 0 Å². The van der Waals surface area contributed by atoms with E-state index in [-0.39, 0.29) is 0 Å². The van der Waals surface area contributed by atoms with Crippen molar-refractivity contribution < 1.29 is 14.2 Å². The molecule has 2 aliphatic rings. The fourth-order valence-electron chi connectivity index (χ4n) is 6.48. The summed E-state index contributed by atoms with van der Waals surface area (Å²) in [5.41, 5.74) is 10.2. The monoisotopic (exact) mass is 582 g/mol. The van der Waals surface area contributed by atoms with Crippen molar-refractivity contribution in [3.63, 3.8) is 0 Å². The third-order valence-corrected chi connectivity index (χ3v) is 8.84. The van der Waals surface area contributed by atoms with Crippen molar-refractivity contribution in [1.82, 2.24) is 14.5 Å². The summed E-state index contributed by atoms with van der Waals surface area (Å²) < 4.78 is 21.0. The van der Waals surface area contributed by atoms with Crippen molar-refractivity contribution in [3.8, 4) is 34.4 Å². The molecular weight excluding hydrogens is 536 g/mol. The van der Waals surface area contributed by atoms with Crippen molar-refractivity contribution in [3.05, 3.63) is 66.2 Å². The third-order valence-electron chi connectivity index (χ3n) is 8.84. The van der Waals surface area contributed by atoms with E-state index in [1.807, 2.05) is 18.2 Å². The second-order valence-electron chi connectivity index (χ2n) is 11.9. The SMILES string of the molecule is CCCCn1c(-c2ccc(OCCN3CCCC3)cc2OCCN)nc2ccc(Oc3ccc(C4CCCC4)cc3)cc21. The minimum absolute atomic E-state index is 0.428. The Balaban J connectivity index is 1.26. The highest BCUT2D eigenvalue weighted by Gasteiger charge is 2.20. The van der Waals surface area contributed by atoms with Gasteiger partial charge in [0, 0.05) is 31.8 Å². The first-order chi connectivity index (χ1) is 21.2. The van der Waals surface area contributed by atoms with Gasteiger partial charge in [0.25, 0.3) is 0 Å². The summed E-state index contributed by atoms with van der Waals surface area (Å²) in [7, 11) is 0. The van der Waals surface area contributed by atoms with E-state index in [0.717, 1.165) is 71.4 Å². The molecule has 7 nitrogen and oxygen atoms in total. The average molecular weight is 583 g/mol. The second-order valence-corrected chi connectivity index (χ2v) is 11.9. The summed E-state index contributed by atoms with van der Waals surface area (Å²) in [6.07, 6.45) is 9.98. The number of ether oxygens (including phenoxy) is 3. The minimum atomic E-state index is 0.428. The molecule has 2 fully saturated rings. The number of benzene rings is 3. The minimum Gasteiger partial charge on any atom is -0.492 e. The van der Waals surface area contributed by atoms with Crippen molar-refractivity contribution >= 4 is 11.0 Å². The van der Waals surface area contributed by atoms with Gasteiger partial charge in [-0.3, -0.25) is 4.90 Å². The fraction of sp³-hybridized carbons (Fsp3) is 0.472. The molecule has 0 bridgehead atoms. The molecule has 2 heterocycles. The standard InChI is InChI=1S/C36H46N4O3/c1-2-3-21-40-34-25-31(43-29-12-10-28(11-13-29)27-8-4-5-9-27)15-17-33(34)38-36(40)32-16-14-30(26-35(32)42-23-18-37)41-24-22-39-19-6-7-20-39/h10-17,25-27H,2-9,18-24,37H2,1H3. The molecule has 1 aliphatic heterocycles. The predicted octanol–water partition coefficient (Wildman–Crippen LogP) is 7.77. The molecule has 1 saturated carbocycles. The number of unbranched alkanes of at least 4 members (excludes halogenated alkanes) is 1. The Bertz CT molecular complexity index is 1470. The number of rotatable bonds is 14. The number of aryl methyl sites for hydroxylation is 1. The van der Waals surface area contributed by atoms with E-state index in [9.17, 15) is 0 Å². The van der Waals surface area contributed by atoms with Gasteiger partial charge in [-0.05, 0) is 93.1 Å². The molecule has 1 aromatic heterocycles. The Morgan fingerprint density at radius 1 is 0.814 bits per heavy atom. The van der Waals surface area contributed by atoms with Crippen LogP contribution in [-0.4, -0.2) is 53.8 Å². The van der Waals surface area contributed by atoms with Crippen LogP contribution in [0.3, 0.4) is 0 Å². The predicted molar refractivity (Wildman–Crippen MR) is 174 cm³/mol. The van der Waals surface area contributed by atoms with Crippen LogP contribution in [0.2, 0.25) is 0 Å². The smallest absolute Gasteiger partial charge is 0.144 e. The number of nitrogens with zero attached hydrogens (tertiary/aromatic N) is 3. The second kappa shape index (κ2) is 14.3. The van der Waals surface area contributed by atoms with Crippen LogP contribution in [0.5, 0.6) is 23.0 Å². The lowest BCUT2D eigenvalue weighted by molar-refractivity contribution is 0.236. The number of aromatic nitrogens is 2. The largest absolute Gasteiger partial charge is 0.492 e. The van der Waals surface area contributed by atoms with Gasteiger partial charge < -0.3 is 24.5 Å². The topological polar surface area (TPSA) is 74.8 Å². The molecule has 0 radical (unpaired) electrons. The number of hydrogen-bond acceptors (Lipinski definition) is 6. The molecule has 0 spiro atoms. The van der Waals surface area contributed by atoms with Gasteiger partial charge in [0.2, 0.25) is 0 Å². The van der Waals surface area contributed by atoms with E-state index >= 15 is 0 Å². The first-order valence-corrected chi connectivity index (χ1v) is 16.3. The lowest BCUT2D eigenvalue weighted by Crippen LogP contribution is -2.25. The van der Waals surface area contributed by atoms with Gasteiger partial charge in [-0.2, -0.15) is 0 Å². The number of likely N-dealkylation sites (tertiary alicyclic amines) is 1. The van der Waals surface area contributed by atoms with Crippen molar-refractivity contribution in [2.45, 2.75) is 70.8 Å². The molecule has 0 atom stereocenters. The van der Waals surface area contributed by atoms with E-state index in [0.29, 0.717) is 25.7 Å². The molecule has 3 aromatic carbocycles. The van der Waals surface area contributed by atoms with E-state index < -0.39 is 0 Å². The van der Waals surface area contributed by atoms with Crippen LogP contribution < -0.4 is 19.9 Å². The lowest BCUT2D eigenvalue weighted by Gasteiger charge is -2.17. The van der Waals surface area contributed by atoms with E-state index in [4.69, 9.17) is 24.9 Å². The molecule has 0 unspecified atom stereocenters. The van der Waals surface area contributed by atoms with Gasteiger partial charge in [-0.1, -0.05) is 38.3 Å². The molecule has 0 amide bonds. The van der Waals surface area contributed by atoms with Gasteiger partial charge in [0.05, 0.1) is 16.6 Å². The van der Waals surface area contributed by atoms with Crippen LogP contribution in [0, 0.1) is 0 Å². The van der Waals surface area contributed by atoms with Gasteiger partial charge in [0.15, 0.2) is 0 Å². The Labute approximate surface area is 255 Å². The maximum atomic E-state index is 6.35. The highest BCUT2D eigenvalue weighted by Crippen LogP contribution is 2.38. The summed E-state index contributed by atoms with van der Waals surface area (Å²) >= 11 is 0. The number of nitrogens with two attached hydrogens (primary N) is 1. The average Bonchev–Trinajstić information content (AvgIpc) is 3.82. The van der Waals surface area contributed by atoms with E-state index in [1.54, 1.807) is 0 Å². The molecule has 1 aliphatic carbocycles. The van der Waals surface area contributed by atoms with Gasteiger partial charge in [-0.15, -0.1) is 0 Å². The third kappa shape index (κ3) is 7.16. The Morgan fingerprint density at radius 3 is 2.35 bits per heavy atom. The summed E-state index contributed by atoms with van der Waals surface area (Å²) in [5.74, 6) is 4.81. The molecule has 228 valence electrons. The zero-order valence-corrected chi connectivity index (χ0v) is 25.6. The highest BCUT2D eigenvalue weighted by atomic mass is 16.5. The van der Waals surface area contributed by atoms with Crippen LogP contribution in [0.4, 0.5) is 0 Å². The highest BCUT2D eigenvalue weighted by molar-refractivity contribution is 5.83. The van der Waals surface area contributed by atoms with Crippen LogP contribution in [0.25, 0.3) is 22.4 Å². The Hall–Kier alpha value is -3.55. The maximum absolute atomic E-state index is 6.35. The molecule has 1 saturated heterocycles.